The Morgan fingerprint density at radius 1 is 1.46 bits per heavy atom. The summed E-state index contributed by atoms with van der Waals surface area (Å²) in [7, 11) is 1.68. The number of halogens is 1. The van der Waals surface area contributed by atoms with Gasteiger partial charge in [-0.15, -0.1) is 0 Å². The summed E-state index contributed by atoms with van der Waals surface area (Å²) in [5.41, 5.74) is 7.90. The topological polar surface area (TPSA) is 35.2 Å². The molecule has 0 bridgehead atoms. The Bertz CT molecular complexity index is 299. The van der Waals surface area contributed by atoms with E-state index in [9.17, 15) is 0 Å². The van der Waals surface area contributed by atoms with Crippen molar-refractivity contribution >= 4 is 15.9 Å². The van der Waals surface area contributed by atoms with Gasteiger partial charge in [0.05, 0.1) is 11.6 Å². The van der Waals surface area contributed by atoms with Gasteiger partial charge in [0, 0.05) is 0 Å². The highest BCUT2D eigenvalue weighted by atomic mass is 79.9. The first-order valence-electron chi connectivity index (χ1n) is 4.22. The van der Waals surface area contributed by atoms with E-state index in [0.29, 0.717) is 6.54 Å². The van der Waals surface area contributed by atoms with Crippen molar-refractivity contribution in [3.63, 3.8) is 0 Å². The summed E-state index contributed by atoms with van der Waals surface area (Å²) in [5.74, 6) is 0.899. The number of nitrogens with two attached hydrogens (primary N) is 1. The fourth-order valence-corrected chi connectivity index (χ4v) is 2.15. The van der Waals surface area contributed by atoms with Crippen molar-refractivity contribution in [2.75, 3.05) is 13.7 Å². The Morgan fingerprint density at radius 2 is 2.15 bits per heavy atom. The Balaban J connectivity index is 3.13. The maximum absolute atomic E-state index is 5.51. The Labute approximate surface area is 87.2 Å². The van der Waals surface area contributed by atoms with Gasteiger partial charge < -0.3 is 10.5 Å². The molecule has 2 nitrogen and oxygen atoms in total. The maximum Gasteiger partial charge on any atom is 0.136 e. The van der Waals surface area contributed by atoms with Crippen LogP contribution in [0.1, 0.15) is 11.1 Å². The Hall–Kier alpha value is -0.540. The summed E-state index contributed by atoms with van der Waals surface area (Å²) < 4.78 is 6.28. The van der Waals surface area contributed by atoms with Gasteiger partial charge >= 0.3 is 0 Å². The second-order valence-electron chi connectivity index (χ2n) is 2.98. The highest BCUT2D eigenvalue weighted by Crippen LogP contribution is 2.30. The smallest absolute Gasteiger partial charge is 0.136 e. The number of methoxy groups -OCH3 is 1. The van der Waals surface area contributed by atoms with E-state index in [2.05, 4.69) is 28.9 Å². The molecule has 0 heterocycles. The van der Waals surface area contributed by atoms with Crippen LogP contribution >= 0.6 is 15.9 Å². The molecule has 0 radical (unpaired) electrons. The van der Waals surface area contributed by atoms with Crippen molar-refractivity contribution in [1.82, 2.24) is 0 Å². The van der Waals surface area contributed by atoms with Gasteiger partial charge in [0.2, 0.25) is 0 Å². The molecule has 13 heavy (non-hydrogen) atoms. The highest BCUT2D eigenvalue weighted by Gasteiger charge is 2.07. The molecule has 1 aromatic carbocycles. The van der Waals surface area contributed by atoms with E-state index in [-0.39, 0.29) is 0 Å². The van der Waals surface area contributed by atoms with Gasteiger partial charge in [0.1, 0.15) is 5.75 Å². The first-order valence-corrected chi connectivity index (χ1v) is 5.01. The van der Waals surface area contributed by atoms with Gasteiger partial charge in [-0.3, -0.25) is 0 Å². The first-order chi connectivity index (χ1) is 6.19. The molecular weight excluding hydrogens is 230 g/mol. The molecule has 0 aliphatic carbocycles. The lowest BCUT2D eigenvalue weighted by Crippen LogP contribution is -2.04. The van der Waals surface area contributed by atoms with Gasteiger partial charge in [-0.1, -0.05) is 6.07 Å². The molecule has 0 unspecified atom stereocenters. The lowest BCUT2D eigenvalue weighted by molar-refractivity contribution is 0.407. The molecule has 1 rings (SSSR count). The van der Waals surface area contributed by atoms with Crippen LogP contribution in [0.25, 0.3) is 0 Å². The summed E-state index contributed by atoms with van der Waals surface area (Å²) in [6.45, 7) is 2.70. The van der Waals surface area contributed by atoms with E-state index < -0.39 is 0 Å². The monoisotopic (exact) mass is 243 g/mol. The minimum Gasteiger partial charge on any atom is -0.495 e. The van der Waals surface area contributed by atoms with Crippen molar-refractivity contribution in [3.05, 3.63) is 27.7 Å². The first kappa shape index (κ1) is 10.5. The number of aryl methyl sites for hydroxylation is 1. The van der Waals surface area contributed by atoms with Gasteiger partial charge in [-0.25, -0.2) is 0 Å². The predicted octanol–water partition coefficient (Wildman–Crippen LogP) is 2.27. The third-order valence-corrected chi connectivity index (χ3v) is 2.47. The van der Waals surface area contributed by atoms with Gasteiger partial charge in [-0.05, 0) is 53.0 Å². The molecule has 0 saturated heterocycles. The molecule has 0 atom stereocenters. The maximum atomic E-state index is 5.51. The van der Waals surface area contributed by atoms with Gasteiger partial charge in [-0.2, -0.15) is 0 Å². The van der Waals surface area contributed by atoms with E-state index in [0.717, 1.165) is 22.2 Å². The molecule has 0 aromatic heterocycles. The molecule has 72 valence electrons. The number of rotatable bonds is 3. The quantitative estimate of drug-likeness (QED) is 0.885. The van der Waals surface area contributed by atoms with Gasteiger partial charge in [0.15, 0.2) is 0 Å². The average Bonchev–Trinajstić information content (AvgIpc) is 2.04. The summed E-state index contributed by atoms with van der Waals surface area (Å²) in [4.78, 5) is 0. The van der Waals surface area contributed by atoms with Crippen molar-refractivity contribution in [1.29, 1.82) is 0 Å². The number of ether oxygens (including phenoxy) is 1. The van der Waals surface area contributed by atoms with Crippen LogP contribution in [0.15, 0.2) is 16.6 Å². The zero-order valence-electron chi connectivity index (χ0n) is 7.93. The van der Waals surface area contributed by atoms with E-state index >= 15 is 0 Å². The van der Waals surface area contributed by atoms with Crippen LogP contribution in [-0.2, 0) is 6.42 Å². The van der Waals surface area contributed by atoms with E-state index in [1.807, 2.05) is 6.07 Å². The van der Waals surface area contributed by atoms with Crippen molar-refractivity contribution < 1.29 is 4.74 Å². The molecule has 0 spiro atoms. The van der Waals surface area contributed by atoms with Crippen molar-refractivity contribution in [2.45, 2.75) is 13.3 Å². The molecule has 0 aliphatic rings. The van der Waals surface area contributed by atoms with Crippen LogP contribution in [0.2, 0.25) is 0 Å². The molecule has 1 aromatic rings. The van der Waals surface area contributed by atoms with Crippen LogP contribution < -0.4 is 10.5 Å². The normalized spacial score (nSPS) is 10.2. The van der Waals surface area contributed by atoms with Crippen LogP contribution in [-0.4, -0.2) is 13.7 Å². The summed E-state index contributed by atoms with van der Waals surface area (Å²) >= 11 is 3.46. The molecule has 2 N–H and O–H groups in total. The SMILES string of the molecule is COc1c(Br)cc(C)cc1CCN. The predicted molar refractivity (Wildman–Crippen MR) is 58.2 cm³/mol. The summed E-state index contributed by atoms with van der Waals surface area (Å²) in [5, 5.41) is 0. The lowest BCUT2D eigenvalue weighted by Gasteiger charge is -2.10. The van der Waals surface area contributed by atoms with Crippen LogP contribution in [0.3, 0.4) is 0 Å². The fourth-order valence-electron chi connectivity index (χ4n) is 1.37. The third kappa shape index (κ3) is 2.45. The van der Waals surface area contributed by atoms with E-state index in [1.54, 1.807) is 7.11 Å². The van der Waals surface area contributed by atoms with Gasteiger partial charge in [0.25, 0.3) is 0 Å². The van der Waals surface area contributed by atoms with Crippen LogP contribution in [0, 0.1) is 6.92 Å². The summed E-state index contributed by atoms with van der Waals surface area (Å²) in [6, 6.07) is 4.15. The molecular formula is C10H14BrNO. The minimum absolute atomic E-state index is 0.645. The molecule has 3 heteroatoms. The lowest BCUT2D eigenvalue weighted by atomic mass is 10.1. The zero-order chi connectivity index (χ0) is 9.84. The van der Waals surface area contributed by atoms with Crippen LogP contribution in [0.5, 0.6) is 5.75 Å². The van der Waals surface area contributed by atoms with E-state index in [4.69, 9.17) is 10.5 Å². The second-order valence-corrected chi connectivity index (χ2v) is 3.83. The largest absolute Gasteiger partial charge is 0.495 e. The Kier molecular flexibility index (Phi) is 3.75. The Morgan fingerprint density at radius 3 is 2.69 bits per heavy atom. The summed E-state index contributed by atoms with van der Waals surface area (Å²) in [6.07, 6.45) is 0.851. The average molecular weight is 244 g/mol. The van der Waals surface area contributed by atoms with Crippen molar-refractivity contribution in [3.8, 4) is 5.75 Å². The number of hydrogen-bond donors (Lipinski definition) is 1. The minimum atomic E-state index is 0.645. The van der Waals surface area contributed by atoms with Crippen molar-refractivity contribution in [2.24, 2.45) is 5.73 Å². The highest BCUT2D eigenvalue weighted by molar-refractivity contribution is 9.10. The number of hydrogen-bond acceptors (Lipinski definition) is 2. The standard InChI is InChI=1S/C10H14BrNO/c1-7-5-8(3-4-12)10(13-2)9(11)6-7/h5-6H,3-4,12H2,1-2H3. The second kappa shape index (κ2) is 4.63. The third-order valence-electron chi connectivity index (χ3n) is 1.88. The molecule has 0 amide bonds. The molecule has 0 fully saturated rings. The molecule has 0 saturated carbocycles. The molecule has 0 aliphatic heterocycles. The zero-order valence-corrected chi connectivity index (χ0v) is 9.52. The fraction of sp³-hybridized carbons (Fsp3) is 0.400. The number of benzene rings is 1. The van der Waals surface area contributed by atoms with E-state index in [1.165, 1.54) is 5.56 Å². The van der Waals surface area contributed by atoms with Crippen LogP contribution in [0.4, 0.5) is 0 Å².